The topological polar surface area (TPSA) is 89.4 Å². The van der Waals surface area contributed by atoms with Crippen molar-refractivity contribution >= 4 is 13.0 Å². The fourth-order valence-corrected chi connectivity index (χ4v) is 2.34. The minimum atomic E-state index is -2.10. The number of hydrogen-bond acceptors (Lipinski definition) is 7. The summed E-state index contributed by atoms with van der Waals surface area (Å²) in [4.78, 5) is 0. The molecule has 0 saturated heterocycles. The molecule has 2 aromatic carbocycles. The van der Waals surface area contributed by atoms with Crippen LogP contribution in [0.2, 0.25) is 0 Å². The van der Waals surface area contributed by atoms with Crippen LogP contribution in [0, 0.1) is 5.82 Å². The maximum Gasteiger partial charge on any atom is 0.707 e. The summed E-state index contributed by atoms with van der Waals surface area (Å²) in [5, 5.41) is 20.5. The summed E-state index contributed by atoms with van der Waals surface area (Å²) < 4.78 is 34.8. The summed E-state index contributed by atoms with van der Waals surface area (Å²) in [5.41, 5.74) is 0.850. The van der Waals surface area contributed by atoms with Gasteiger partial charge in [-0.05, 0) is 24.3 Å². The molecular formula is C16H19BFNO6. The molecule has 2 aromatic rings. The van der Waals surface area contributed by atoms with Crippen LogP contribution >= 0.6 is 0 Å². The lowest BCUT2D eigenvalue weighted by atomic mass is 10.1. The Kier molecular flexibility index (Phi) is 6.32. The van der Waals surface area contributed by atoms with Gasteiger partial charge in [0.05, 0.1) is 27.0 Å². The van der Waals surface area contributed by atoms with Crippen LogP contribution in [-0.2, 0) is 6.54 Å². The SMILES string of the molecule is COc1ccc(CNc2cccc(OB(O)O)c2F)c(OC)c1OC. The molecule has 0 fully saturated rings. The monoisotopic (exact) mass is 351 g/mol. The first-order valence-electron chi connectivity index (χ1n) is 7.34. The average molecular weight is 351 g/mol. The number of anilines is 1. The van der Waals surface area contributed by atoms with Gasteiger partial charge in [0.1, 0.15) is 5.75 Å². The van der Waals surface area contributed by atoms with Crippen LogP contribution in [-0.4, -0.2) is 38.7 Å². The van der Waals surface area contributed by atoms with Crippen LogP contribution in [0.4, 0.5) is 10.1 Å². The number of nitrogens with one attached hydrogen (secondary N) is 1. The van der Waals surface area contributed by atoms with Crippen molar-refractivity contribution in [3.05, 3.63) is 41.7 Å². The van der Waals surface area contributed by atoms with E-state index in [1.165, 1.54) is 39.5 Å². The lowest BCUT2D eigenvalue weighted by Gasteiger charge is -2.17. The molecule has 0 aromatic heterocycles. The molecule has 0 radical (unpaired) electrons. The number of methoxy groups -OCH3 is 3. The average Bonchev–Trinajstić information content (AvgIpc) is 2.61. The van der Waals surface area contributed by atoms with Gasteiger partial charge in [-0.25, -0.2) is 4.39 Å². The molecule has 0 bridgehead atoms. The maximum absolute atomic E-state index is 14.3. The molecule has 0 saturated carbocycles. The van der Waals surface area contributed by atoms with Gasteiger partial charge >= 0.3 is 7.32 Å². The molecule has 25 heavy (non-hydrogen) atoms. The van der Waals surface area contributed by atoms with Crippen LogP contribution in [0.15, 0.2) is 30.3 Å². The number of rotatable bonds is 8. The first-order valence-corrected chi connectivity index (χ1v) is 7.34. The summed E-state index contributed by atoms with van der Waals surface area (Å²) in [7, 11) is 2.42. The van der Waals surface area contributed by atoms with Crippen molar-refractivity contribution in [2.75, 3.05) is 26.6 Å². The van der Waals surface area contributed by atoms with E-state index in [4.69, 9.17) is 24.3 Å². The van der Waals surface area contributed by atoms with E-state index in [2.05, 4.69) is 9.97 Å². The molecule has 134 valence electrons. The lowest BCUT2D eigenvalue weighted by molar-refractivity contribution is 0.282. The minimum absolute atomic E-state index is 0.134. The molecule has 7 nitrogen and oxygen atoms in total. The van der Waals surface area contributed by atoms with Crippen LogP contribution < -0.4 is 24.2 Å². The lowest BCUT2D eigenvalue weighted by Crippen LogP contribution is -2.21. The zero-order chi connectivity index (χ0) is 18.4. The summed E-state index contributed by atoms with van der Waals surface area (Å²) in [5.74, 6) is 0.397. The third-order valence-electron chi connectivity index (χ3n) is 3.45. The highest BCUT2D eigenvalue weighted by Gasteiger charge is 2.18. The molecule has 0 aliphatic heterocycles. The summed E-state index contributed by atoms with van der Waals surface area (Å²) in [6, 6.07) is 7.80. The predicted molar refractivity (Wildman–Crippen MR) is 90.6 cm³/mol. The van der Waals surface area contributed by atoms with Crippen molar-refractivity contribution in [1.82, 2.24) is 0 Å². The van der Waals surface area contributed by atoms with Crippen molar-refractivity contribution in [3.8, 4) is 23.0 Å². The molecule has 0 aliphatic rings. The van der Waals surface area contributed by atoms with E-state index in [1.807, 2.05) is 0 Å². The fraction of sp³-hybridized carbons (Fsp3) is 0.250. The molecule has 2 rings (SSSR count). The van der Waals surface area contributed by atoms with E-state index in [9.17, 15) is 4.39 Å². The van der Waals surface area contributed by atoms with E-state index >= 15 is 0 Å². The van der Waals surface area contributed by atoms with Crippen LogP contribution in [0.1, 0.15) is 5.56 Å². The van der Waals surface area contributed by atoms with Gasteiger partial charge < -0.3 is 34.2 Å². The van der Waals surface area contributed by atoms with Gasteiger partial charge in [-0.2, -0.15) is 0 Å². The number of halogens is 1. The fourth-order valence-electron chi connectivity index (χ4n) is 2.34. The number of hydrogen-bond donors (Lipinski definition) is 3. The predicted octanol–water partition coefficient (Wildman–Crippen LogP) is 1.81. The van der Waals surface area contributed by atoms with Crippen LogP contribution in [0.3, 0.4) is 0 Å². The Morgan fingerprint density at radius 3 is 2.28 bits per heavy atom. The Morgan fingerprint density at radius 2 is 1.68 bits per heavy atom. The third-order valence-corrected chi connectivity index (χ3v) is 3.45. The minimum Gasteiger partial charge on any atom is -0.509 e. The maximum atomic E-state index is 14.3. The van der Waals surface area contributed by atoms with Crippen molar-refractivity contribution in [2.24, 2.45) is 0 Å². The zero-order valence-electron chi connectivity index (χ0n) is 14.1. The molecule has 0 spiro atoms. The Hall–Kier alpha value is -2.65. The van der Waals surface area contributed by atoms with E-state index in [0.29, 0.717) is 22.8 Å². The summed E-state index contributed by atoms with van der Waals surface area (Å²) >= 11 is 0. The number of ether oxygens (including phenoxy) is 3. The molecular weight excluding hydrogens is 332 g/mol. The summed E-state index contributed by atoms with van der Waals surface area (Å²) in [6.07, 6.45) is 0. The zero-order valence-corrected chi connectivity index (χ0v) is 14.1. The Balaban J connectivity index is 2.25. The first kappa shape index (κ1) is 18.7. The Labute approximate surface area is 145 Å². The molecule has 0 atom stereocenters. The highest BCUT2D eigenvalue weighted by Crippen LogP contribution is 2.40. The van der Waals surface area contributed by atoms with Gasteiger partial charge in [-0.15, -0.1) is 0 Å². The van der Waals surface area contributed by atoms with Crippen molar-refractivity contribution in [3.63, 3.8) is 0 Å². The summed E-state index contributed by atoms with van der Waals surface area (Å²) in [6.45, 7) is 0.228. The Morgan fingerprint density at radius 1 is 0.960 bits per heavy atom. The van der Waals surface area contributed by atoms with Crippen molar-refractivity contribution < 1.29 is 33.3 Å². The van der Waals surface area contributed by atoms with Gasteiger partial charge in [0.25, 0.3) is 0 Å². The second-order valence-electron chi connectivity index (χ2n) is 4.91. The van der Waals surface area contributed by atoms with Gasteiger partial charge in [0, 0.05) is 12.1 Å². The van der Waals surface area contributed by atoms with E-state index in [0.717, 1.165) is 0 Å². The largest absolute Gasteiger partial charge is 0.707 e. The molecule has 9 heteroatoms. The molecule has 0 aliphatic carbocycles. The van der Waals surface area contributed by atoms with E-state index in [-0.39, 0.29) is 18.0 Å². The van der Waals surface area contributed by atoms with Crippen LogP contribution in [0.25, 0.3) is 0 Å². The highest BCUT2D eigenvalue weighted by molar-refractivity contribution is 6.33. The number of benzene rings is 2. The van der Waals surface area contributed by atoms with E-state index in [1.54, 1.807) is 12.1 Å². The Bertz CT molecular complexity index is 728. The molecule has 3 N–H and O–H groups in total. The van der Waals surface area contributed by atoms with Gasteiger partial charge in [-0.1, -0.05) is 6.07 Å². The van der Waals surface area contributed by atoms with Crippen molar-refractivity contribution in [1.29, 1.82) is 0 Å². The first-order chi connectivity index (χ1) is 12.0. The van der Waals surface area contributed by atoms with Crippen molar-refractivity contribution in [2.45, 2.75) is 6.54 Å². The molecule has 0 unspecified atom stereocenters. The van der Waals surface area contributed by atoms with Gasteiger partial charge in [-0.3, -0.25) is 0 Å². The van der Waals surface area contributed by atoms with Gasteiger partial charge in [0.15, 0.2) is 17.3 Å². The second-order valence-corrected chi connectivity index (χ2v) is 4.91. The smallest absolute Gasteiger partial charge is 0.509 e. The third kappa shape index (κ3) is 4.26. The normalized spacial score (nSPS) is 10.2. The second kappa shape index (κ2) is 8.45. The molecule has 0 heterocycles. The van der Waals surface area contributed by atoms with Gasteiger partial charge in [0.2, 0.25) is 5.75 Å². The standard InChI is InChI=1S/C16H19BFNO6/c1-22-13-8-7-10(15(23-2)16(13)24-3)9-19-11-5-4-6-12(14(11)18)25-17(20)21/h4-8,19-21H,9H2,1-3H3. The van der Waals surface area contributed by atoms with Crippen LogP contribution in [0.5, 0.6) is 23.0 Å². The quantitative estimate of drug-likeness (QED) is 0.625. The van der Waals surface area contributed by atoms with E-state index < -0.39 is 13.1 Å². The molecule has 0 amide bonds. The highest BCUT2D eigenvalue weighted by atomic mass is 19.1.